The number of aromatic nitrogens is 2. The fourth-order valence-corrected chi connectivity index (χ4v) is 0.824. The highest BCUT2D eigenvalue weighted by Gasteiger charge is 2.04. The molecule has 0 saturated heterocycles. The summed E-state index contributed by atoms with van der Waals surface area (Å²) in [6.07, 6.45) is 3.30. The van der Waals surface area contributed by atoms with Crippen molar-refractivity contribution >= 4 is 15.9 Å². The van der Waals surface area contributed by atoms with E-state index in [1.165, 1.54) is 0 Å². The zero-order valence-electron chi connectivity index (χ0n) is 5.87. The maximum atomic E-state index is 5.58. The van der Waals surface area contributed by atoms with E-state index >= 15 is 0 Å². The molecule has 60 valence electrons. The summed E-state index contributed by atoms with van der Waals surface area (Å²) in [5.74, 6) is 0.579. The van der Waals surface area contributed by atoms with E-state index < -0.39 is 0 Å². The lowest BCUT2D eigenvalue weighted by Crippen LogP contribution is -2.22. The van der Waals surface area contributed by atoms with Crippen LogP contribution in [0.15, 0.2) is 16.9 Å². The van der Waals surface area contributed by atoms with Crippen LogP contribution in [0.2, 0.25) is 0 Å². The van der Waals surface area contributed by atoms with E-state index in [0.29, 0.717) is 12.4 Å². The first-order valence-electron chi connectivity index (χ1n) is 3.17. The fourth-order valence-electron chi connectivity index (χ4n) is 0.619. The summed E-state index contributed by atoms with van der Waals surface area (Å²) >= 11 is 3.22. The van der Waals surface area contributed by atoms with Crippen LogP contribution in [0.3, 0.4) is 0 Å². The van der Waals surface area contributed by atoms with Crippen LogP contribution in [0.1, 0.15) is 11.9 Å². The Morgan fingerprint density at radius 1 is 1.45 bits per heavy atom. The lowest BCUT2D eigenvalue weighted by molar-refractivity contribution is 0.679. The SMILES string of the molecule is NCC(N)c1ncc(Br)cn1. The van der Waals surface area contributed by atoms with Gasteiger partial charge in [0.25, 0.3) is 0 Å². The summed E-state index contributed by atoms with van der Waals surface area (Å²) in [7, 11) is 0. The topological polar surface area (TPSA) is 77.8 Å². The first kappa shape index (κ1) is 8.58. The predicted octanol–water partition coefficient (Wildman–Crippen LogP) is 0.198. The van der Waals surface area contributed by atoms with Gasteiger partial charge in [0.1, 0.15) is 5.82 Å². The number of hydrogen-bond donors (Lipinski definition) is 2. The van der Waals surface area contributed by atoms with Crippen LogP contribution in [0.4, 0.5) is 0 Å². The van der Waals surface area contributed by atoms with Gasteiger partial charge in [-0.25, -0.2) is 9.97 Å². The van der Waals surface area contributed by atoms with Crippen molar-refractivity contribution in [3.05, 3.63) is 22.7 Å². The highest BCUT2D eigenvalue weighted by atomic mass is 79.9. The van der Waals surface area contributed by atoms with Gasteiger partial charge in [0.15, 0.2) is 0 Å². The van der Waals surface area contributed by atoms with Crippen molar-refractivity contribution in [1.29, 1.82) is 0 Å². The van der Waals surface area contributed by atoms with Crippen molar-refractivity contribution in [3.63, 3.8) is 0 Å². The number of nitrogens with two attached hydrogens (primary N) is 2. The van der Waals surface area contributed by atoms with Gasteiger partial charge in [-0.2, -0.15) is 0 Å². The predicted molar refractivity (Wildman–Crippen MR) is 45.7 cm³/mol. The molecule has 1 unspecified atom stereocenters. The minimum absolute atomic E-state index is 0.261. The van der Waals surface area contributed by atoms with Crippen molar-refractivity contribution in [2.75, 3.05) is 6.54 Å². The normalized spacial score (nSPS) is 13.0. The van der Waals surface area contributed by atoms with E-state index in [9.17, 15) is 0 Å². The van der Waals surface area contributed by atoms with Crippen LogP contribution >= 0.6 is 15.9 Å². The smallest absolute Gasteiger partial charge is 0.146 e. The molecule has 0 fully saturated rings. The van der Waals surface area contributed by atoms with Gasteiger partial charge in [0.2, 0.25) is 0 Å². The standard InChI is InChI=1S/C6H9BrN4/c7-4-2-10-6(11-3-4)5(9)1-8/h2-3,5H,1,8-9H2. The van der Waals surface area contributed by atoms with Gasteiger partial charge in [-0.3, -0.25) is 0 Å². The highest BCUT2D eigenvalue weighted by molar-refractivity contribution is 9.10. The Labute approximate surface area is 73.1 Å². The van der Waals surface area contributed by atoms with E-state index in [4.69, 9.17) is 11.5 Å². The number of nitrogens with zero attached hydrogens (tertiary/aromatic N) is 2. The van der Waals surface area contributed by atoms with E-state index in [1.807, 2.05) is 0 Å². The summed E-state index contributed by atoms with van der Waals surface area (Å²) in [5.41, 5.74) is 10.9. The Morgan fingerprint density at radius 2 is 2.00 bits per heavy atom. The molecule has 1 rings (SSSR count). The Bertz CT molecular complexity index is 223. The molecule has 0 aromatic carbocycles. The summed E-state index contributed by atoms with van der Waals surface area (Å²) in [5, 5.41) is 0. The van der Waals surface area contributed by atoms with Crippen molar-refractivity contribution in [2.24, 2.45) is 11.5 Å². The molecule has 0 bridgehead atoms. The van der Waals surface area contributed by atoms with Crippen LogP contribution in [0.5, 0.6) is 0 Å². The van der Waals surface area contributed by atoms with Crippen molar-refractivity contribution < 1.29 is 0 Å². The number of hydrogen-bond acceptors (Lipinski definition) is 4. The van der Waals surface area contributed by atoms with E-state index in [1.54, 1.807) is 12.4 Å². The third-order valence-electron chi connectivity index (χ3n) is 1.23. The third-order valence-corrected chi connectivity index (χ3v) is 1.64. The molecule has 11 heavy (non-hydrogen) atoms. The molecule has 0 aliphatic heterocycles. The van der Waals surface area contributed by atoms with Gasteiger partial charge in [0, 0.05) is 18.9 Å². The molecule has 0 amide bonds. The van der Waals surface area contributed by atoms with Crippen LogP contribution < -0.4 is 11.5 Å². The quantitative estimate of drug-likeness (QED) is 0.741. The monoisotopic (exact) mass is 216 g/mol. The molecule has 0 radical (unpaired) electrons. The van der Waals surface area contributed by atoms with Gasteiger partial charge in [-0.1, -0.05) is 0 Å². The fraction of sp³-hybridized carbons (Fsp3) is 0.333. The molecule has 1 atom stereocenters. The van der Waals surface area contributed by atoms with E-state index in [0.717, 1.165) is 4.47 Å². The molecule has 5 heteroatoms. The van der Waals surface area contributed by atoms with Crippen LogP contribution in [0.25, 0.3) is 0 Å². The third kappa shape index (κ3) is 2.21. The average Bonchev–Trinajstić information content (AvgIpc) is 2.05. The zero-order valence-corrected chi connectivity index (χ0v) is 7.45. The molecule has 0 saturated carbocycles. The second-order valence-electron chi connectivity index (χ2n) is 2.10. The van der Waals surface area contributed by atoms with Crippen LogP contribution in [-0.4, -0.2) is 16.5 Å². The second kappa shape index (κ2) is 3.75. The summed E-state index contributed by atoms with van der Waals surface area (Å²) in [4.78, 5) is 7.97. The van der Waals surface area contributed by atoms with Crippen molar-refractivity contribution in [3.8, 4) is 0 Å². The van der Waals surface area contributed by atoms with Crippen molar-refractivity contribution in [1.82, 2.24) is 9.97 Å². The molecule has 0 spiro atoms. The van der Waals surface area contributed by atoms with Gasteiger partial charge >= 0.3 is 0 Å². The lowest BCUT2D eigenvalue weighted by atomic mass is 10.3. The molecular weight excluding hydrogens is 208 g/mol. The first-order valence-corrected chi connectivity index (χ1v) is 3.96. The minimum atomic E-state index is -0.261. The molecule has 4 N–H and O–H groups in total. The number of halogens is 1. The Kier molecular flexibility index (Phi) is 2.92. The molecule has 0 aliphatic carbocycles. The molecule has 1 aromatic rings. The van der Waals surface area contributed by atoms with E-state index in [2.05, 4.69) is 25.9 Å². The van der Waals surface area contributed by atoms with Gasteiger partial charge in [0.05, 0.1) is 10.5 Å². The van der Waals surface area contributed by atoms with Crippen LogP contribution in [0, 0.1) is 0 Å². The molecule has 4 nitrogen and oxygen atoms in total. The summed E-state index contributed by atoms with van der Waals surface area (Å²) < 4.78 is 0.838. The summed E-state index contributed by atoms with van der Waals surface area (Å²) in [6.45, 7) is 0.363. The second-order valence-corrected chi connectivity index (χ2v) is 3.02. The maximum absolute atomic E-state index is 5.58. The summed E-state index contributed by atoms with van der Waals surface area (Å²) in [6, 6.07) is -0.261. The van der Waals surface area contributed by atoms with E-state index in [-0.39, 0.29) is 6.04 Å². The molecule has 1 aromatic heterocycles. The molecule has 0 aliphatic rings. The van der Waals surface area contributed by atoms with Gasteiger partial charge in [-0.05, 0) is 15.9 Å². The first-order chi connectivity index (χ1) is 5.24. The van der Waals surface area contributed by atoms with Gasteiger partial charge in [-0.15, -0.1) is 0 Å². The molecule has 1 heterocycles. The average molecular weight is 217 g/mol. The molecular formula is C6H9BrN4. The Morgan fingerprint density at radius 3 is 2.45 bits per heavy atom. The van der Waals surface area contributed by atoms with Gasteiger partial charge < -0.3 is 11.5 Å². The Balaban J connectivity index is 2.81. The lowest BCUT2D eigenvalue weighted by Gasteiger charge is -2.05. The largest absolute Gasteiger partial charge is 0.328 e. The maximum Gasteiger partial charge on any atom is 0.146 e. The zero-order chi connectivity index (χ0) is 8.27. The highest BCUT2D eigenvalue weighted by Crippen LogP contribution is 2.07. The van der Waals surface area contributed by atoms with Crippen LogP contribution in [-0.2, 0) is 0 Å². The van der Waals surface area contributed by atoms with Crippen molar-refractivity contribution in [2.45, 2.75) is 6.04 Å². The Hall–Kier alpha value is -0.520. The minimum Gasteiger partial charge on any atom is -0.328 e. The number of rotatable bonds is 2.